The third-order valence-electron chi connectivity index (χ3n) is 3.86. The first-order chi connectivity index (χ1) is 12.9. The predicted octanol–water partition coefficient (Wildman–Crippen LogP) is 3.12. The predicted molar refractivity (Wildman–Crippen MR) is 93.2 cm³/mol. The molecular formula is C17H21F3N6O. The highest BCUT2D eigenvalue weighted by atomic mass is 19.4. The molecule has 7 nitrogen and oxygen atoms in total. The van der Waals surface area contributed by atoms with Gasteiger partial charge in [0.25, 0.3) is 0 Å². The smallest absolute Gasteiger partial charge is 0.359 e. The van der Waals surface area contributed by atoms with Gasteiger partial charge in [0.2, 0.25) is 5.91 Å². The molecule has 1 N–H and O–H groups in total. The van der Waals surface area contributed by atoms with Crippen molar-refractivity contribution >= 4 is 17.5 Å². The van der Waals surface area contributed by atoms with Crippen LogP contribution in [0.3, 0.4) is 0 Å². The highest BCUT2D eigenvalue weighted by Crippen LogP contribution is 2.28. The average molecular weight is 382 g/mol. The number of alkyl halides is 3. The molecule has 0 atom stereocenters. The van der Waals surface area contributed by atoms with E-state index in [0.717, 1.165) is 31.7 Å². The highest BCUT2D eigenvalue weighted by molar-refractivity contribution is 5.75. The summed E-state index contributed by atoms with van der Waals surface area (Å²) in [5.41, 5.74) is -1.04. The number of nitrogens with zero attached hydrogens (tertiary/aromatic N) is 5. The van der Waals surface area contributed by atoms with Crippen LogP contribution in [0.2, 0.25) is 0 Å². The minimum absolute atomic E-state index is 0.0104. The summed E-state index contributed by atoms with van der Waals surface area (Å²) in [6.45, 7) is 0.499. The van der Waals surface area contributed by atoms with Crippen molar-refractivity contribution in [2.75, 3.05) is 18.5 Å². The molecule has 0 spiro atoms. The number of carbonyl (C=O) groups is 1. The number of hydrogen-bond donors (Lipinski definition) is 1. The van der Waals surface area contributed by atoms with Crippen LogP contribution in [0, 0.1) is 0 Å². The van der Waals surface area contributed by atoms with Gasteiger partial charge in [-0.1, -0.05) is 12.8 Å². The van der Waals surface area contributed by atoms with E-state index in [4.69, 9.17) is 0 Å². The van der Waals surface area contributed by atoms with Crippen LogP contribution in [0.4, 0.5) is 24.8 Å². The molecule has 1 amide bonds. The molecule has 2 rings (SSSR count). The van der Waals surface area contributed by atoms with E-state index in [1.54, 1.807) is 11.9 Å². The number of carbonyl (C=O) groups excluding carboxylic acids is 1. The summed E-state index contributed by atoms with van der Waals surface area (Å²) in [5.74, 6) is 0.766. The molecule has 0 unspecified atom stereocenters. The lowest BCUT2D eigenvalue weighted by Crippen LogP contribution is -2.22. The molecule has 0 aromatic carbocycles. The Labute approximate surface area is 155 Å². The maximum absolute atomic E-state index is 12.7. The zero-order valence-corrected chi connectivity index (χ0v) is 14.9. The Hall–Kier alpha value is -2.78. The molecule has 0 aliphatic heterocycles. The van der Waals surface area contributed by atoms with Gasteiger partial charge in [0.15, 0.2) is 17.3 Å². The van der Waals surface area contributed by atoms with Gasteiger partial charge in [0, 0.05) is 32.4 Å². The molecule has 0 fully saturated rings. The van der Waals surface area contributed by atoms with Crippen LogP contribution in [0.5, 0.6) is 0 Å². The van der Waals surface area contributed by atoms with E-state index in [2.05, 4.69) is 25.5 Å². The summed E-state index contributed by atoms with van der Waals surface area (Å²) in [4.78, 5) is 21.1. The second-order valence-corrected chi connectivity index (χ2v) is 5.83. The number of rotatable bonds is 9. The maximum atomic E-state index is 12.7. The number of nitrogens with one attached hydrogen (secondary N) is 1. The van der Waals surface area contributed by atoms with E-state index in [0.29, 0.717) is 18.8 Å². The first-order valence-electron chi connectivity index (χ1n) is 8.57. The lowest BCUT2D eigenvalue weighted by Gasteiger charge is -2.22. The van der Waals surface area contributed by atoms with Crippen molar-refractivity contribution in [2.24, 2.45) is 0 Å². The number of amides is 1. The van der Waals surface area contributed by atoms with Crippen molar-refractivity contribution in [1.29, 1.82) is 0 Å². The second-order valence-electron chi connectivity index (χ2n) is 5.83. The van der Waals surface area contributed by atoms with E-state index in [1.807, 2.05) is 0 Å². The van der Waals surface area contributed by atoms with E-state index in [-0.39, 0.29) is 11.7 Å². The summed E-state index contributed by atoms with van der Waals surface area (Å²) in [7, 11) is 1.60. The summed E-state index contributed by atoms with van der Waals surface area (Å²) >= 11 is 0. The van der Waals surface area contributed by atoms with Gasteiger partial charge in [-0.25, -0.2) is 4.98 Å². The van der Waals surface area contributed by atoms with Crippen molar-refractivity contribution in [3.63, 3.8) is 0 Å². The Bertz CT molecular complexity index is 709. The van der Waals surface area contributed by atoms with E-state index < -0.39 is 11.9 Å². The number of hydrogen-bond acceptors (Lipinski definition) is 6. The fourth-order valence-corrected chi connectivity index (χ4v) is 2.43. The normalized spacial score (nSPS) is 11.3. The summed E-state index contributed by atoms with van der Waals surface area (Å²) < 4.78 is 38.0. The molecule has 0 saturated carbocycles. The van der Waals surface area contributed by atoms with Crippen LogP contribution in [0.25, 0.3) is 0 Å². The summed E-state index contributed by atoms with van der Waals surface area (Å²) in [6.07, 6.45) is 3.76. The van der Waals surface area contributed by atoms with Crippen LogP contribution in [0.1, 0.15) is 37.8 Å². The maximum Gasteiger partial charge on any atom is 0.435 e. The van der Waals surface area contributed by atoms with Gasteiger partial charge in [-0.2, -0.15) is 13.2 Å². The topological polar surface area (TPSA) is 83.9 Å². The van der Waals surface area contributed by atoms with Gasteiger partial charge in [0.1, 0.15) is 0 Å². The van der Waals surface area contributed by atoms with E-state index in [9.17, 15) is 18.0 Å². The van der Waals surface area contributed by atoms with Crippen LogP contribution in [-0.2, 0) is 11.0 Å². The number of aromatic nitrogens is 4. The molecule has 146 valence electrons. The van der Waals surface area contributed by atoms with Crippen LogP contribution < -0.4 is 10.2 Å². The quantitative estimate of drug-likeness (QED) is 0.671. The first kappa shape index (κ1) is 20.5. The minimum atomic E-state index is -4.53. The first-order valence-corrected chi connectivity index (χ1v) is 8.57. The Kier molecular flexibility index (Phi) is 7.44. The van der Waals surface area contributed by atoms with Crippen molar-refractivity contribution in [3.8, 4) is 0 Å². The summed E-state index contributed by atoms with van der Waals surface area (Å²) in [6, 6.07) is 2.17. The Balaban J connectivity index is 1.99. The molecular weight excluding hydrogens is 361 g/mol. The highest BCUT2D eigenvalue weighted by Gasteiger charge is 2.33. The van der Waals surface area contributed by atoms with Crippen molar-refractivity contribution in [2.45, 2.75) is 38.3 Å². The third kappa shape index (κ3) is 6.46. The fourth-order valence-electron chi connectivity index (χ4n) is 2.43. The van der Waals surface area contributed by atoms with Gasteiger partial charge in [-0.05, 0) is 25.0 Å². The standard InChI is InChI=1S/C17H21F3N6O/c1-21-16(27)6-4-2-3-5-11-26(15-12-22-9-10-23-15)14-8-7-13(24-25-14)17(18,19)20/h7-10,12H,2-6,11H2,1H3,(H,21,27). The van der Waals surface area contributed by atoms with E-state index >= 15 is 0 Å². The number of unbranched alkanes of at least 4 members (excludes halogenated alkanes) is 3. The number of halogens is 3. The van der Waals surface area contributed by atoms with E-state index in [1.165, 1.54) is 24.7 Å². The van der Waals surface area contributed by atoms with Crippen molar-refractivity contribution < 1.29 is 18.0 Å². The second kappa shape index (κ2) is 9.79. The Morgan fingerprint density at radius 3 is 2.44 bits per heavy atom. The molecule has 2 heterocycles. The fraction of sp³-hybridized carbons (Fsp3) is 0.471. The molecule has 2 aromatic heterocycles. The van der Waals surface area contributed by atoms with Gasteiger partial charge >= 0.3 is 6.18 Å². The lowest BCUT2D eigenvalue weighted by atomic mass is 10.1. The molecule has 27 heavy (non-hydrogen) atoms. The largest absolute Gasteiger partial charge is 0.435 e. The van der Waals surface area contributed by atoms with Crippen LogP contribution in [0.15, 0.2) is 30.7 Å². The molecule has 0 aliphatic rings. The van der Waals surface area contributed by atoms with Gasteiger partial charge in [-0.3, -0.25) is 9.78 Å². The monoisotopic (exact) mass is 382 g/mol. The van der Waals surface area contributed by atoms with Crippen LogP contribution >= 0.6 is 0 Å². The molecule has 0 radical (unpaired) electrons. The van der Waals surface area contributed by atoms with Crippen molar-refractivity contribution in [1.82, 2.24) is 25.5 Å². The molecule has 0 aliphatic carbocycles. The van der Waals surface area contributed by atoms with Crippen molar-refractivity contribution in [3.05, 3.63) is 36.4 Å². The summed E-state index contributed by atoms with van der Waals surface area (Å²) in [5, 5.41) is 9.55. The average Bonchev–Trinajstić information content (AvgIpc) is 2.67. The van der Waals surface area contributed by atoms with Gasteiger partial charge < -0.3 is 10.2 Å². The molecule has 0 bridgehead atoms. The molecule has 2 aromatic rings. The number of anilines is 2. The van der Waals surface area contributed by atoms with Gasteiger partial charge in [-0.15, -0.1) is 10.2 Å². The Morgan fingerprint density at radius 1 is 1.07 bits per heavy atom. The molecule has 0 saturated heterocycles. The van der Waals surface area contributed by atoms with Crippen LogP contribution in [-0.4, -0.2) is 39.7 Å². The lowest BCUT2D eigenvalue weighted by molar-refractivity contribution is -0.141. The van der Waals surface area contributed by atoms with Gasteiger partial charge in [0.05, 0.1) is 6.20 Å². The SMILES string of the molecule is CNC(=O)CCCCCCN(c1cnccn1)c1ccc(C(F)(F)F)nn1. The Morgan fingerprint density at radius 2 is 1.85 bits per heavy atom. The zero-order chi connectivity index (χ0) is 19.7. The zero-order valence-electron chi connectivity index (χ0n) is 14.9. The molecule has 10 heteroatoms. The third-order valence-corrected chi connectivity index (χ3v) is 3.86. The minimum Gasteiger partial charge on any atom is -0.359 e.